The standard InChI is InChI=1S/C34H52O8S/c1-27(2)31(35)39-23-17-13-9-5-7-11-15-19-25-41-33(37)29-21-22-30(43-29)34(38)42-26-20-16-12-8-6-10-14-18-24-40-32(36)28(3)4/h21-22H,1,3,5-20,23-26H2,2,4H3. The fourth-order valence-corrected chi connectivity index (χ4v) is 4.93. The summed E-state index contributed by atoms with van der Waals surface area (Å²) in [4.78, 5) is 48.0. The van der Waals surface area contributed by atoms with Crippen LogP contribution >= 0.6 is 11.3 Å². The van der Waals surface area contributed by atoms with Crippen LogP contribution in [0.1, 0.15) is 136 Å². The molecule has 9 heteroatoms. The van der Waals surface area contributed by atoms with Crippen LogP contribution in [0.15, 0.2) is 36.4 Å². The lowest BCUT2D eigenvalue weighted by Gasteiger charge is -2.05. The average molecular weight is 621 g/mol. The lowest BCUT2D eigenvalue weighted by Crippen LogP contribution is -2.06. The molecule has 0 radical (unpaired) electrons. The number of ether oxygens (including phenoxy) is 4. The molecule has 0 aromatic carbocycles. The van der Waals surface area contributed by atoms with Gasteiger partial charge in [-0.3, -0.25) is 0 Å². The Bertz CT molecular complexity index is 920. The maximum absolute atomic E-state index is 12.3. The highest BCUT2D eigenvalue weighted by Crippen LogP contribution is 2.19. The van der Waals surface area contributed by atoms with Crippen LogP contribution < -0.4 is 0 Å². The van der Waals surface area contributed by atoms with E-state index in [1.54, 1.807) is 26.0 Å². The monoisotopic (exact) mass is 620 g/mol. The van der Waals surface area contributed by atoms with E-state index in [9.17, 15) is 19.2 Å². The molecule has 1 aromatic rings. The molecule has 0 saturated carbocycles. The fourth-order valence-electron chi connectivity index (χ4n) is 4.13. The van der Waals surface area contributed by atoms with Crippen molar-refractivity contribution >= 4 is 35.2 Å². The molecule has 0 aliphatic carbocycles. The van der Waals surface area contributed by atoms with Gasteiger partial charge in [-0.1, -0.05) is 90.2 Å². The highest BCUT2D eigenvalue weighted by molar-refractivity contribution is 7.15. The minimum atomic E-state index is -0.399. The van der Waals surface area contributed by atoms with Crippen LogP contribution in [0.25, 0.3) is 0 Å². The van der Waals surface area contributed by atoms with E-state index < -0.39 is 11.9 Å². The van der Waals surface area contributed by atoms with Crippen molar-refractivity contribution in [1.29, 1.82) is 0 Å². The van der Waals surface area contributed by atoms with E-state index >= 15 is 0 Å². The van der Waals surface area contributed by atoms with E-state index in [4.69, 9.17) is 18.9 Å². The van der Waals surface area contributed by atoms with Crippen LogP contribution in [-0.4, -0.2) is 50.3 Å². The van der Waals surface area contributed by atoms with Crippen LogP contribution in [0.5, 0.6) is 0 Å². The van der Waals surface area contributed by atoms with Crippen molar-refractivity contribution in [2.75, 3.05) is 26.4 Å². The van der Waals surface area contributed by atoms with Crippen molar-refractivity contribution in [2.24, 2.45) is 0 Å². The summed E-state index contributed by atoms with van der Waals surface area (Å²) in [5.41, 5.74) is 0.864. The number of esters is 4. The molecule has 0 unspecified atom stereocenters. The van der Waals surface area contributed by atoms with Crippen molar-refractivity contribution in [3.63, 3.8) is 0 Å². The molecule has 242 valence electrons. The van der Waals surface area contributed by atoms with Gasteiger partial charge in [0.15, 0.2) is 0 Å². The quantitative estimate of drug-likeness (QED) is 0.0439. The van der Waals surface area contributed by atoms with E-state index in [-0.39, 0.29) is 11.9 Å². The molecule has 1 heterocycles. The predicted molar refractivity (Wildman–Crippen MR) is 170 cm³/mol. The summed E-state index contributed by atoms with van der Waals surface area (Å²) in [5, 5.41) is 0. The van der Waals surface area contributed by atoms with Gasteiger partial charge < -0.3 is 18.9 Å². The first-order chi connectivity index (χ1) is 20.7. The fraction of sp³-hybridized carbons (Fsp3) is 0.647. The second kappa shape index (κ2) is 24.5. The van der Waals surface area contributed by atoms with Gasteiger partial charge >= 0.3 is 23.9 Å². The Morgan fingerprint density at radius 1 is 0.488 bits per heavy atom. The van der Waals surface area contributed by atoms with Gasteiger partial charge in [0, 0.05) is 11.1 Å². The van der Waals surface area contributed by atoms with Gasteiger partial charge in [-0.15, -0.1) is 11.3 Å². The number of carbonyl (C=O) groups is 4. The van der Waals surface area contributed by atoms with Gasteiger partial charge in [0.1, 0.15) is 9.75 Å². The molecule has 0 aliphatic rings. The molecule has 0 saturated heterocycles. The van der Waals surface area contributed by atoms with Gasteiger partial charge in [-0.05, 0) is 51.7 Å². The van der Waals surface area contributed by atoms with Gasteiger partial charge in [-0.25, -0.2) is 19.2 Å². The predicted octanol–water partition coefficient (Wildman–Crippen LogP) is 8.54. The summed E-state index contributed by atoms with van der Waals surface area (Å²) in [7, 11) is 0. The van der Waals surface area contributed by atoms with Crippen molar-refractivity contribution in [2.45, 2.75) is 117 Å². The van der Waals surface area contributed by atoms with Crippen molar-refractivity contribution in [3.8, 4) is 0 Å². The Morgan fingerprint density at radius 2 is 0.744 bits per heavy atom. The van der Waals surface area contributed by atoms with Gasteiger partial charge in [0.05, 0.1) is 26.4 Å². The minimum Gasteiger partial charge on any atom is -0.462 e. The summed E-state index contributed by atoms with van der Waals surface area (Å²) in [6.45, 7) is 12.1. The van der Waals surface area contributed by atoms with E-state index in [0.717, 1.165) is 114 Å². The first kappa shape index (κ1) is 38.1. The second-order valence-corrected chi connectivity index (χ2v) is 12.0. The normalized spacial score (nSPS) is 10.7. The molecule has 0 atom stereocenters. The zero-order valence-electron chi connectivity index (χ0n) is 26.4. The third-order valence-corrected chi connectivity index (χ3v) is 7.76. The Balaban J connectivity index is 1.98. The van der Waals surface area contributed by atoms with Crippen LogP contribution in [0.3, 0.4) is 0 Å². The first-order valence-corrected chi connectivity index (χ1v) is 16.6. The highest BCUT2D eigenvalue weighted by Gasteiger charge is 2.16. The molecule has 0 fully saturated rings. The van der Waals surface area contributed by atoms with Crippen molar-refractivity contribution in [3.05, 3.63) is 46.2 Å². The van der Waals surface area contributed by atoms with E-state index in [1.165, 1.54) is 0 Å². The SMILES string of the molecule is C=C(C)C(=O)OCCCCCCCCCCOC(=O)c1ccc(C(=O)OCCCCCCCCCCOC(=O)C(=C)C)s1. The Hall–Kier alpha value is -2.94. The number of rotatable bonds is 26. The number of hydrogen-bond donors (Lipinski definition) is 0. The molecule has 0 aliphatic heterocycles. The second-order valence-electron chi connectivity index (χ2n) is 10.9. The Morgan fingerprint density at radius 3 is 1.02 bits per heavy atom. The molecule has 0 spiro atoms. The lowest BCUT2D eigenvalue weighted by molar-refractivity contribution is -0.139. The van der Waals surface area contributed by atoms with Crippen LogP contribution in [0, 0.1) is 0 Å². The number of hydrogen-bond acceptors (Lipinski definition) is 9. The van der Waals surface area contributed by atoms with Crippen LogP contribution in [0.2, 0.25) is 0 Å². The maximum atomic E-state index is 12.3. The van der Waals surface area contributed by atoms with E-state index in [0.29, 0.717) is 47.3 Å². The zero-order valence-corrected chi connectivity index (χ0v) is 27.2. The van der Waals surface area contributed by atoms with Gasteiger partial charge in [-0.2, -0.15) is 0 Å². The first-order valence-electron chi connectivity index (χ1n) is 15.8. The van der Waals surface area contributed by atoms with Gasteiger partial charge in [0.2, 0.25) is 0 Å². The molecule has 0 amide bonds. The highest BCUT2D eigenvalue weighted by atomic mass is 32.1. The lowest BCUT2D eigenvalue weighted by atomic mass is 10.1. The van der Waals surface area contributed by atoms with E-state index in [2.05, 4.69) is 13.2 Å². The van der Waals surface area contributed by atoms with Crippen LogP contribution in [0.4, 0.5) is 0 Å². The molecular weight excluding hydrogens is 568 g/mol. The summed E-state index contributed by atoms with van der Waals surface area (Å²) in [6.07, 6.45) is 16.4. The largest absolute Gasteiger partial charge is 0.462 e. The summed E-state index contributed by atoms with van der Waals surface area (Å²) < 4.78 is 20.9. The molecular formula is C34H52O8S. The molecule has 1 rings (SSSR count). The smallest absolute Gasteiger partial charge is 0.348 e. The van der Waals surface area contributed by atoms with E-state index in [1.807, 2.05) is 0 Å². The van der Waals surface area contributed by atoms with Crippen molar-refractivity contribution in [1.82, 2.24) is 0 Å². The van der Waals surface area contributed by atoms with Crippen LogP contribution in [-0.2, 0) is 28.5 Å². The minimum absolute atomic E-state index is 0.321. The topological polar surface area (TPSA) is 105 Å². The average Bonchev–Trinajstić information content (AvgIpc) is 3.48. The molecule has 0 N–H and O–H groups in total. The summed E-state index contributed by atoms with van der Waals surface area (Å²) >= 11 is 1.11. The number of carbonyl (C=O) groups excluding carboxylic acids is 4. The zero-order chi connectivity index (χ0) is 31.7. The summed E-state index contributed by atoms with van der Waals surface area (Å²) in [6, 6.07) is 3.24. The summed E-state index contributed by atoms with van der Waals surface area (Å²) in [5.74, 6) is -1.44. The maximum Gasteiger partial charge on any atom is 0.348 e. The Labute approximate surface area is 262 Å². The Kier molecular flexibility index (Phi) is 21.7. The van der Waals surface area contributed by atoms with Gasteiger partial charge in [0.25, 0.3) is 0 Å². The van der Waals surface area contributed by atoms with Crippen molar-refractivity contribution < 1.29 is 38.1 Å². The number of unbranched alkanes of at least 4 members (excludes halogenated alkanes) is 14. The third kappa shape index (κ3) is 19.8. The molecule has 8 nitrogen and oxygen atoms in total. The third-order valence-electron chi connectivity index (χ3n) is 6.72. The number of thiophene rings is 1. The molecule has 43 heavy (non-hydrogen) atoms. The molecule has 1 aromatic heterocycles. The molecule has 0 bridgehead atoms.